The Hall–Kier alpha value is -3.41. The van der Waals surface area contributed by atoms with Crippen LogP contribution in [0.2, 0.25) is 0 Å². The van der Waals surface area contributed by atoms with Crippen molar-refractivity contribution >= 4 is 49.8 Å². The third-order valence-electron chi connectivity index (χ3n) is 4.58. The van der Waals surface area contributed by atoms with Gasteiger partial charge in [-0.2, -0.15) is 5.26 Å². The molecule has 0 heterocycles. The van der Waals surface area contributed by atoms with E-state index in [4.69, 9.17) is 9.84 Å². The second-order valence-electron chi connectivity index (χ2n) is 6.94. The number of benzene rings is 3. The van der Waals surface area contributed by atoms with Gasteiger partial charge in [-0.25, -0.2) is 4.79 Å². The maximum atomic E-state index is 12.4. The Bertz CT molecular complexity index is 1210. The molecule has 2 N–H and O–H groups in total. The highest BCUT2D eigenvalue weighted by molar-refractivity contribution is 9.11. The molecule has 0 atom stereocenters. The lowest BCUT2D eigenvalue weighted by atomic mass is 10.1. The summed E-state index contributed by atoms with van der Waals surface area (Å²) in [6.45, 7) is 0.559. The standard InChI is InChI=1S/C25H18Br2N2O4/c26-21-11-18(10-20(13-28)24(30)29-14-16-4-2-1-3-5-16)12-22(27)23(21)33-15-17-6-8-19(9-7-17)25(31)32/h1-12H,14-15H2,(H,29,30)(H,31,32)/b20-10-. The number of carbonyl (C=O) groups is 2. The summed E-state index contributed by atoms with van der Waals surface area (Å²) in [6, 6.07) is 21.3. The fraction of sp³-hybridized carbons (Fsp3) is 0.0800. The monoisotopic (exact) mass is 568 g/mol. The van der Waals surface area contributed by atoms with Gasteiger partial charge in [-0.3, -0.25) is 4.79 Å². The Morgan fingerprint density at radius 3 is 2.21 bits per heavy atom. The molecule has 8 heteroatoms. The molecule has 0 spiro atoms. The number of rotatable bonds is 8. The minimum atomic E-state index is -0.984. The van der Waals surface area contributed by atoms with Gasteiger partial charge in [-0.15, -0.1) is 0 Å². The van der Waals surface area contributed by atoms with Crippen LogP contribution in [0.15, 0.2) is 81.2 Å². The molecule has 3 rings (SSSR count). The number of ether oxygens (including phenoxy) is 1. The van der Waals surface area contributed by atoms with E-state index in [1.165, 1.54) is 18.2 Å². The number of aromatic carboxylic acids is 1. The van der Waals surface area contributed by atoms with Gasteiger partial charge in [0, 0.05) is 6.54 Å². The largest absolute Gasteiger partial charge is 0.487 e. The molecule has 0 aliphatic heterocycles. The normalized spacial score (nSPS) is 10.9. The van der Waals surface area contributed by atoms with Crippen molar-refractivity contribution in [2.24, 2.45) is 0 Å². The first-order chi connectivity index (χ1) is 15.9. The van der Waals surface area contributed by atoms with Crippen molar-refractivity contribution in [1.82, 2.24) is 5.32 Å². The van der Waals surface area contributed by atoms with E-state index in [-0.39, 0.29) is 17.7 Å². The van der Waals surface area contributed by atoms with Crippen molar-refractivity contribution in [2.45, 2.75) is 13.2 Å². The highest BCUT2D eigenvalue weighted by atomic mass is 79.9. The van der Waals surface area contributed by atoms with Gasteiger partial charge in [0.2, 0.25) is 0 Å². The van der Waals surface area contributed by atoms with Crippen molar-refractivity contribution in [1.29, 1.82) is 5.26 Å². The molecule has 3 aromatic rings. The number of nitrogens with one attached hydrogen (secondary N) is 1. The quantitative estimate of drug-likeness (QED) is 0.267. The Kier molecular flexibility index (Phi) is 8.41. The first-order valence-electron chi connectivity index (χ1n) is 9.75. The number of carboxylic acids is 1. The predicted octanol–water partition coefficient (Wildman–Crippen LogP) is 5.71. The molecule has 0 aromatic heterocycles. The topological polar surface area (TPSA) is 99.4 Å². The number of halogens is 2. The van der Waals surface area contributed by atoms with Gasteiger partial charge < -0.3 is 15.2 Å². The van der Waals surface area contributed by atoms with Crippen molar-refractivity contribution in [3.8, 4) is 11.8 Å². The Balaban J connectivity index is 1.69. The van der Waals surface area contributed by atoms with Crippen LogP contribution < -0.4 is 10.1 Å². The van der Waals surface area contributed by atoms with Gasteiger partial charge in [-0.1, -0.05) is 42.5 Å². The summed E-state index contributed by atoms with van der Waals surface area (Å²) >= 11 is 6.93. The molecule has 0 fully saturated rings. The van der Waals surface area contributed by atoms with E-state index in [2.05, 4.69) is 37.2 Å². The third-order valence-corrected chi connectivity index (χ3v) is 5.75. The van der Waals surface area contributed by atoms with Crippen molar-refractivity contribution in [2.75, 3.05) is 0 Å². The zero-order valence-electron chi connectivity index (χ0n) is 17.2. The number of nitriles is 1. The van der Waals surface area contributed by atoms with Crippen LogP contribution in [0.4, 0.5) is 0 Å². The zero-order valence-corrected chi connectivity index (χ0v) is 20.4. The molecule has 33 heavy (non-hydrogen) atoms. The molecule has 0 aliphatic rings. The number of carboxylic acid groups (broad SMARTS) is 1. The van der Waals surface area contributed by atoms with E-state index in [0.29, 0.717) is 26.8 Å². The first-order valence-corrected chi connectivity index (χ1v) is 11.3. The van der Waals surface area contributed by atoms with Gasteiger partial charge in [0.05, 0.1) is 14.5 Å². The van der Waals surface area contributed by atoms with Crippen LogP contribution in [0.5, 0.6) is 5.75 Å². The molecular weight excluding hydrogens is 552 g/mol. The number of hydrogen-bond acceptors (Lipinski definition) is 4. The maximum absolute atomic E-state index is 12.4. The summed E-state index contributed by atoms with van der Waals surface area (Å²) in [7, 11) is 0. The number of nitrogens with zero attached hydrogens (tertiary/aromatic N) is 1. The van der Waals surface area contributed by atoms with Gasteiger partial charge >= 0.3 is 5.97 Å². The minimum absolute atomic E-state index is 0.0167. The van der Waals surface area contributed by atoms with Crippen LogP contribution in [0.25, 0.3) is 6.08 Å². The summed E-state index contributed by atoms with van der Waals surface area (Å²) in [6.07, 6.45) is 1.50. The second kappa shape index (κ2) is 11.5. The molecule has 0 unspecified atom stereocenters. The fourth-order valence-electron chi connectivity index (χ4n) is 2.89. The van der Waals surface area contributed by atoms with Crippen LogP contribution in [0.3, 0.4) is 0 Å². The van der Waals surface area contributed by atoms with Crippen LogP contribution in [0, 0.1) is 11.3 Å². The van der Waals surface area contributed by atoms with E-state index < -0.39 is 11.9 Å². The molecule has 0 aliphatic carbocycles. The molecule has 1 amide bonds. The summed E-state index contributed by atoms with van der Waals surface area (Å²) in [4.78, 5) is 23.4. The van der Waals surface area contributed by atoms with Gasteiger partial charge in [-0.05, 0) is 78.9 Å². The summed E-state index contributed by atoms with van der Waals surface area (Å²) in [5, 5.41) is 21.2. The Morgan fingerprint density at radius 2 is 1.64 bits per heavy atom. The Morgan fingerprint density at radius 1 is 1.00 bits per heavy atom. The Labute approximate surface area is 207 Å². The molecular formula is C25H18Br2N2O4. The lowest BCUT2D eigenvalue weighted by Crippen LogP contribution is -2.23. The highest BCUT2D eigenvalue weighted by Crippen LogP contribution is 2.36. The number of hydrogen-bond donors (Lipinski definition) is 2. The number of amides is 1. The maximum Gasteiger partial charge on any atom is 0.335 e. The molecule has 0 bridgehead atoms. The summed E-state index contributed by atoms with van der Waals surface area (Å²) < 4.78 is 7.13. The van der Waals surface area contributed by atoms with Crippen LogP contribution in [0.1, 0.15) is 27.0 Å². The average Bonchev–Trinajstić information content (AvgIpc) is 2.81. The molecule has 0 saturated heterocycles. The van der Waals surface area contributed by atoms with E-state index >= 15 is 0 Å². The summed E-state index contributed by atoms with van der Waals surface area (Å²) in [5.74, 6) is -0.901. The zero-order chi connectivity index (χ0) is 23.8. The lowest BCUT2D eigenvalue weighted by Gasteiger charge is -2.12. The lowest BCUT2D eigenvalue weighted by molar-refractivity contribution is -0.117. The van der Waals surface area contributed by atoms with Crippen LogP contribution in [-0.4, -0.2) is 17.0 Å². The van der Waals surface area contributed by atoms with Crippen molar-refractivity contribution in [3.63, 3.8) is 0 Å². The third kappa shape index (κ3) is 6.78. The fourth-order valence-corrected chi connectivity index (χ4v) is 4.34. The van der Waals surface area contributed by atoms with Crippen molar-refractivity contribution in [3.05, 3.63) is 104 Å². The molecule has 0 saturated carbocycles. The minimum Gasteiger partial charge on any atom is -0.487 e. The van der Waals surface area contributed by atoms with E-state index in [0.717, 1.165) is 11.1 Å². The molecule has 166 valence electrons. The average molecular weight is 570 g/mol. The first kappa shape index (κ1) is 24.2. The van der Waals surface area contributed by atoms with Crippen LogP contribution in [-0.2, 0) is 17.9 Å². The summed E-state index contributed by atoms with van der Waals surface area (Å²) in [5.41, 5.74) is 2.57. The molecule has 0 radical (unpaired) electrons. The second-order valence-corrected chi connectivity index (χ2v) is 8.65. The van der Waals surface area contributed by atoms with E-state index in [9.17, 15) is 14.9 Å². The van der Waals surface area contributed by atoms with Crippen LogP contribution >= 0.6 is 31.9 Å². The SMILES string of the molecule is N#C/C(=C/c1cc(Br)c(OCc2ccc(C(=O)O)cc2)c(Br)c1)C(=O)NCc1ccccc1. The smallest absolute Gasteiger partial charge is 0.335 e. The predicted molar refractivity (Wildman–Crippen MR) is 131 cm³/mol. The molecule has 3 aromatic carbocycles. The van der Waals surface area contributed by atoms with Gasteiger partial charge in [0.25, 0.3) is 5.91 Å². The van der Waals surface area contributed by atoms with Gasteiger partial charge in [0.15, 0.2) is 0 Å². The van der Waals surface area contributed by atoms with E-state index in [1.807, 2.05) is 36.4 Å². The van der Waals surface area contributed by atoms with Gasteiger partial charge in [0.1, 0.15) is 24.0 Å². The number of carbonyl (C=O) groups excluding carboxylic acids is 1. The van der Waals surface area contributed by atoms with E-state index in [1.54, 1.807) is 24.3 Å². The molecule has 6 nitrogen and oxygen atoms in total. The highest BCUT2D eigenvalue weighted by Gasteiger charge is 2.13. The van der Waals surface area contributed by atoms with Crippen molar-refractivity contribution < 1.29 is 19.4 Å².